The van der Waals surface area contributed by atoms with Crippen molar-refractivity contribution in [1.29, 1.82) is 0 Å². The van der Waals surface area contributed by atoms with Crippen molar-refractivity contribution in [1.82, 2.24) is 5.32 Å². The minimum atomic E-state index is 0.330. The second kappa shape index (κ2) is 5.19. The fourth-order valence-corrected chi connectivity index (χ4v) is 5.61. The fourth-order valence-electron chi connectivity index (χ4n) is 3.79. The van der Waals surface area contributed by atoms with Gasteiger partial charge in [-0.25, -0.2) is 0 Å². The number of aryl methyl sites for hydroxylation is 1. The molecule has 0 aromatic heterocycles. The largest absolute Gasteiger partial charge is 0.317 e. The molecule has 108 valence electrons. The quantitative estimate of drug-likeness (QED) is 0.836. The Kier molecular flexibility index (Phi) is 3.31. The molecule has 1 saturated heterocycles. The maximum Gasteiger partial charge on any atom is 0.0558 e. The van der Waals surface area contributed by atoms with Crippen LogP contribution in [0.15, 0.2) is 48.5 Å². The van der Waals surface area contributed by atoms with Crippen molar-refractivity contribution in [3.8, 4) is 0 Å². The molecule has 1 nitrogen and oxygen atoms in total. The van der Waals surface area contributed by atoms with Crippen LogP contribution >= 0.6 is 11.8 Å². The van der Waals surface area contributed by atoms with Crippen LogP contribution in [0.3, 0.4) is 0 Å². The molecule has 1 N–H and O–H groups in total. The summed E-state index contributed by atoms with van der Waals surface area (Å²) in [6, 6.07) is 18.1. The van der Waals surface area contributed by atoms with Gasteiger partial charge in [-0.3, -0.25) is 0 Å². The van der Waals surface area contributed by atoms with E-state index in [-0.39, 0.29) is 0 Å². The summed E-state index contributed by atoms with van der Waals surface area (Å²) < 4.78 is 0.330. The van der Waals surface area contributed by atoms with Crippen LogP contribution in [-0.2, 0) is 4.75 Å². The third-order valence-corrected chi connectivity index (χ3v) is 6.67. The van der Waals surface area contributed by atoms with E-state index in [4.69, 9.17) is 0 Å². The number of hydrogen-bond acceptors (Lipinski definition) is 2. The molecule has 0 radical (unpaired) electrons. The lowest BCUT2D eigenvalue weighted by molar-refractivity contribution is 0.427. The van der Waals surface area contributed by atoms with Gasteiger partial charge in [0.15, 0.2) is 0 Å². The van der Waals surface area contributed by atoms with Crippen molar-refractivity contribution in [2.24, 2.45) is 0 Å². The minimum absolute atomic E-state index is 0.330. The van der Waals surface area contributed by atoms with E-state index in [1.807, 2.05) is 0 Å². The molecule has 1 unspecified atom stereocenters. The van der Waals surface area contributed by atoms with E-state index < -0.39 is 0 Å². The number of hydrogen-bond donors (Lipinski definition) is 1. The molecule has 1 atom stereocenters. The van der Waals surface area contributed by atoms with Gasteiger partial charge >= 0.3 is 0 Å². The average molecular weight is 295 g/mol. The van der Waals surface area contributed by atoms with E-state index in [1.165, 1.54) is 29.5 Å². The van der Waals surface area contributed by atoms with Crippen LogP contribution < -0.4 is 5.32 Å². The van der Waals surface area contributed by atoms with Crippen molar-refractivity contribution >= 4 is 11.8 Å². The Morgan fingerprint density at radius 2 is 1.86 bits per heavy atom. The lowest BCUT2D eigenvalue weighted by atomic mass is 9.85. The van der Waals surface area contributed by atoms with Gasteiger partial charge in [0, 0.05) is 4.75 Å². The van der Waals surface area contributed by atoms with Crippen LogP contribution in [0.4, 0.5) is 0 Å². The van der Waals surface area contributed by atoms with Crippen LogP contribution in [0, 0.1) is 6.92 Å². The molecule has 0 saturated carbocycles. The van der Waals surface area contributed by atoms with Crippen molar-refractivity contribution in [3.63, 3.8) is 0 Å². The monoisotopic (exact) mass is 295 g/mol. The van der Waals surface area contributed by atoms with E-state index >= 15 is 0 Å². The molecule has 2 aliphatic rings. The van der Waals surface area contributed by atoms with Gasteiger partial charge in [0.2, 0.25) is 0 Å². The summed E-state index contributed by atoms with van der Waals surface area (Å²) in [4.78, 5) is 0. The first kappa shape index (κ1) is 13.4. The highest BCUT2D eigenvalue weighted by atomic mass is 32.2. The number of piperidine rings is 1. The van der Waals surface area contributed by atoms with Crippen molar-refractivity contribution in [2.75, 3.05) is 13.1 Å². The Bertz CT molecular complexity index is 658. The normalized spacial score (nSPS) is 23.2. The molecular formula is C19H21NS. The highest BCUT2D eigenvalue weighted by Gasteiger charge is 2.45. The minimum Gasteiger partial charge on any atom is -0.317 e. The maximum absolute atomic E-state index is 3.52. The second-order valence-corrected chi connectivity index (χ2v) is 7.73. The topological polar surface area (TPSA) is 12.0 Å². The Hall–Kier alpha value is -1.25. The van der Waals surface area contributed by atoms with Gasteiger partial charge in [-0.15, -0.1) is 11.8 Å². The summed E-state index contributed by atoms with van der Waals surface area (Å²) in [5, 5.41) is 4.02. The van der Waals surface area contributed by atoms with Crippen molar-refractivity contribution in [2.45, 2.75) is 29.8 Å². The molecule has 1 spiro atoms. The van der Waals surface area contributed by atoms with Gasteiger partial charge in [0.1, 0.15) is 0 Å². The zero-order chi connectivity index (χ0) is 14.3. The predicted molar refractivity (Wildman–Crippen MR) is 90.8 cm³/mol. The summed E-state index contributed by atoms with van der Waals surface area (Å²) in [5.41, 5.74) is 5.94. The standard InChI is InChI=1S/C19H21NS/c1-14-5-4-6-15(13-14)18-16-7-2-3-8-17(16)19(21-18)9-11-20-12-10-19/h2-8,13,18,20H,9-12H2,1H3. The number of benzene rings is 2. The first-order chi connectivity index (χ1) is 10.3. The zero-order valence-corrected chi connectivity index (χ0v) is 13.2. The van der Waals surface area contributed by atoms with E-state index in [9.17, 15) is 0 Å². The predicted octanol–water partition coefficient (Wildman–Crippen LogP) is 4.41. The first-order valence-corrected chi connectivity index (χ1v) is 8.71. The van der Waals surface area contributed by atoms with Gasteiger partial charge in [-0.2, -0.15) is 0 Å². The van der Waals surface area contributed by atoms with Gasteiger partial charge < -0.3 is 5.32 Å². The van der Waals surface area contributed by atoms with Crippen molar-refractivity contribution in [3.05, 3.63) is 70.8 Å². The van der Waals surface area contributed by atoms with Gasteiger partial charge in [-0.05, 0) is 49.5 Å². The zero-order valence-electron chi connectivity index (χ0n) is 12.4. The van der Waals surface area contributed by atoms with Crippen LogP contribution in [0.2, 0.25) is 0 Å². The Labute approximate surface area is 131 Å². The summed E-state index contributed by atoms with van der Waals surface area (Å²) >= 11 is 2.18. The van der Waals surface area contributed by atoms with Gasteiger partial charge in [0.05, 0.1) is 5.25 Å². The maximum atomic E-state index is 3.52. The SMILES string of the molecule is Cc1cccc(C2SC3(CCNCC3)c3ccccc32)c1. The molecule has 0 aliphatic carbocycles. The Morgan fingerprint density at radius 1 is 1.05 bits per heavy atom. The van der Waals surface area contributed by atoms with E-state index in [0.29, 0.717) is 10.00 Å². The number of rotatable bonds is 1. The molecule has 2 aromatic rings. The molecular weight excluding hydrogens is 274 g/mol. The molecule has 2 aromatic carbocycles. The van der Waals surface area contributed by atoms with Crippen LogP contribution in [-0.4, -0.2) is 13.1 Å². The van der Waals surface area contributed by atoms with E-state index in [2.05, 4.69) is 72.5 Å². The molecule has 21 heavy (non-hydrogen) atoms. The number of nitrogens with one attached hydrogen (secondary N) is 1. The van der Waals surface area contributed by atoms with E-state index in [1.54, 1.807) is 5.56 Å². The molecule has 2 aliphatic heterocycles. The number of thioether (sulfide) groups is 1. The summed E-state index contributed by atoms with van der Waals surface area (Å²) in [6.45, 7) is 4.47. The third-order valence-electron chi connectivity index (χ3n) is 4.83. The lowest BCUT2D eigenvalue weighted by Crippen LogP contribution is -2.36. The second-order valence-electron chi connectivity index (χ2n) is 6.24. The summed E-state index contributed by atoms with van der Waals surface area (Å²) in [6.07, 6.45) is 2.49. The summed E-state index contributed by atoms with van der Waals surface area (Å²) in [5.74, 6) is 0. The first-order valence-electron chi connectivity index (χ1n) is 7.83. The third kappa shape index (κ3) is 2.21. The highest BCUT2D eigenvalue weighted by Crippen LogP contribution is 2.60. The van der Waals surface area contributed by atoms with E-state index in [0.717, 1.165) is 13.1 Å². The Morgan fingerprint density at radius 3 is 2.67 bits per heavy atom. The molecule has 2 heterocycles. The van der Waals surface area contributed by atoms with Crippen molar-refractivity contribution < 1.29 is 0 Å². The average Bonchev–Trinajstić information content (AvgIpc) is 2.83. The fraction of sp³-hybridized carbons (Fsp3) is 0.368. The van der Waals surface area contributed by atoms with Gasteiger partial charge in [0.25, 0.3) is 0 Å². The lowest BCUT2D eigenvalue weighted by Gasteiger charge is -2.34. The van der Waals surface area contributed by atoms with Gasteiger partial charge in [-0.1, -0.05) is 54.1 Å². The Balaban J connectivity index is 1.81. The molecule has 2 heteroatoms. The molecule has 0 amide bonds. The molecule has 1 fully saturated rings. The highest BCUT2D eigenvalue weighted by molar-refractivity contribution is 8.01. The smallest absolute Gasteiger partial charge is 0.0558 e. The number of fused-ring (bicyclic) bond motifs is 2. The van der Waals surface area contributed by atoms with Crippen LogP contribution in [0.5, 0.6) is 0 Å². The molecule has 4 rings (SSSR count). The molecule has 0 bridgehead atoms. The van der Waals surface area contributed by atoms with Crippen LogP contribution in [0.1, 0.15) is 40.3 Å². The van der Waals surface area contributed by atoms with Crippen LogP contribution in [0.25, 0.3) is 0 Å². The summed E-state index contributed by atoms with van der Waals surface area (Å²) in [7, 11) is 0.